The highest BCUT2D eigenvalue weighted by Gasteiger charge is 2.31. The van der Waals surface area contributed by atoms with E-state index in [1.54, 1.807) is 11.8 Å². The van der Waals surface area contributed by atoms with E-state index in [-0.39, 0.29) is 31.0 Å². The highest BCUT2D eigenvalue weighted by molar-refractivity contribution is 6.01. The molecule has 1 atom stereocenters. The molecule has 9 nitrogen and oxygen atoms in total. The Morgan fingerprint density at radius 1 is 1.16 bits per heavy atom. The first kappa shape index (κ1) is 22.5. The monoisotopic (exact) mass is 427 g/mol. The molecule has 0 saturated carbocycles. The summed E-state index contributed by atoms with van der Waals surface area (Å²) in [5.41, 5.74) is 12.1. The van der Waals surface area contributed by atoms with Gasteiger partial charge in [0.05, 0.1) is 19.1 Å². The van der Waals surface area contributed by atoms with Gasteiger partial charge in [0, 0.05) is 6.54 Å². The summed E-state index contributed by atoms with van der Waals surface area (Å²) in [5.74, 6) is -1.16. The number of nitrogen functional groups attached to an aromatic ring is 1. The molecule has 31 heavy (non-hydrogen) atoms. The number of anilines is 1. The molecule has 2 heterocycles. The number of aromatic nitrogens is 2. The maximum Gasteiger partial charge on any atom is 0.332 e. The predicted molar refractivity (Wildman–Crippen MR) is 118 cm³/mol. The van der Waals surface area contributed by atoms with E-state index in [1.165, 1.54) is 4.57 Å². The number of Topliss-reactive ketones (excluding diaryl/α,β-unsaturated/α-hetero) is 1. The Labute approximate surface area is 180 Å². The minimum atomic E-state index is -0.705. The van der Waals surface area contributed by atoms with Crippen molar-refractivity contribution in [1.82, 2.24) is 14.0 Å². The summed E-state index contributed by atoms with van der Waals surface area (Å²) in [6.45, 7) is 4.23. The van der Waals surface area contributed by atoms with Crippen molar-refractivity contribution in [2.24, 2.45) is 5.73 Å². The van der Waals surface area contributed by atoms with Crippen LogP contribution in [0.5, 0.6) is 0 Å². The van der Waals surface area contributed by atoms with Gasteiger partial charge in [-0.15, -0.1) is 0 Å². The number of benzene rings is 1. The molecule has 1 amide bonds. The fourth-order valence-electron chi connectivity index (χ4n) is 4.17. The Morgan fingerprint density at radius 2 is 1.90 bits per heavy atom. The maximum absolute atomic E-state index is 13.2. The van der Waals surface area contributed by atoms with Crippen LogP contribution >= 0.6 is 0 Å². The van der Waals surface area contributed by atoms with Crippen molar-refractivity contribution in [2.45, 2.75) is 52.2 Å². The van der Waals surface area contributed by atoms with Crippen molar-refractivity contribution >= 4 is 17.5 Å². The summed E-state index contributed by atoms with van der Waals surface area (Å²) < 4.78 is 2.27. The van der Waals surface area contributed by atoms with E-state index in [2.05, 4.69) is 0 Å². The second kappa shape index (κ2) is 9.30. The van der Waals surface area contributed by atoms with Crippen LogP contribution in [0, 0.1) is 6.92 Å². The first-order chi connectivity index (χ1) is 14.7. The molecule has 1 saturated heterocycles. The standard InChI is InChI=1S/C22H29N5O4/c1-3-26-21(30)18(17(28)13-25-10-5-4-9-16(25)20(24)29)19(23)27(22(26)31)12-15-8-6-7-14(2)11-15/h6-8,11,16H,3-5,9-10,12-13,23H2,1-2H3,(H2,24,29). The van der Waals surface area contributed by atoms with Crippen molar-refractivity contribution in [2.75, 3.05) is 18.8 Å². The molecule has 9 heteroatoms. The normalized spacial score (nSPS) is 16.9. The lowest BCUT2D eigenvalue weighted by atomic mass is 10.0. The van der Waals surface area contributed by atoms with Gasteiger partial charge in [-0.1, -0.05) is 36.2 Å². The minimum absolute atomic E-state index is 0.111. The third-order valence-corrected chi connectivity index (χ3v) is 5.77. The molecule has 1 unspecified atom stereocenters. The van der Waals surface area contributed by atoms with Crippen LogP contribution in [0.4, 0.5) is 5.82 Å². The molecule has 1 aromatic carbocycles. The van der Waals surface area contributed by atoms with Crippen molar-refractivity contribution in [3.8, 4) is 0 Å². The van der Waals surface area contributed by atoms with Crippen LogP contribution in [0.2, 0.25) is 0 Å². The lowest BCUT2D eigenvalue weighted by Crippen LogP contribution is -2.51. The van der Waals surface area contributed by atoms with Gasteiger partial charge in [-0.05, 0) is 38.8 Å². The number of hydrogen-bond acceptors (Lipinski definition) is 6. The number of likely N-dealkylation sites (tertiary alicyclic amines) is 1. The van der Waals surface area contributed by atoms with Gasteiger partial charge in [0.15, 0.2) is 5.78 Å². The number of carbonyl (C=O) groups is 2. The van der Waals surface area contributed by atoms with E-state index >= 15 is 0 Å². The second-order valence-electron chi connectivity index (χ2n) is 7.98. The largest absolute Gasteiger partial charge is 0.384 e. The zero-order valence-electron chi connectivity index (χ0n) is 18.0. The van der Waals surface area contributed by atoms with E-state index < -0.39 is 29.0 Å². The molecular formula is C22H29N5O4. The Balaban J connectivity index is 2.03. The number of nitrogens with two attached hydrogens (primary N) is 2. The summed E-state index contributed by atoms with van der Waals surface area (Å²) in [6, 6.07) is 7.03. The van der Waals surface area contributed by atoms with Crippen LogP contribution in [0.3, 0.4) is 0 Å². The zero-order chi connectivity index (χ0) is 22.7. The molecule has 1 aromatic heterocycles. The van der Waals surface area contributed by atoms with Crippen LogP contribution < -0.4 is 22.7 Å². The van der Waals surface area contributed by atoms with Gasteiger partial charge in [-0.3, -0.25) is 28.4 Å². The fraction of sp³-hybridized carbons (Fsp3) is 0.455. The first-order valence-corrected chi connectivity index (χ1v) is 10.5. The smallest absolute Gasteiger partial charge is 0.332 e. The van der Waals surface area contributed by atoms with E-state index in [0.29, 0.717) is 13.0 Å². The van der Waals surface area contributed by atoms with E-state index in [1.807, 2.05) is 31.2 Å². The highest BCUT2D eigenvalue weighted by atomic mass is 16.2. The third kappa shape index (κ3) is 4.61. The van der Waals surface area contributed by atoms with Gasteiger partial charge in [0.25, 0.3) is 5.56 Å². The number of aryl methyl sites for hydroxylation is 1. The average Bonchev–Trinajstić information content (AvgIpc) is 2.72. The molecule has 166 valence electrons. The van der Waals surface area contributed by atoms with Gasteiger partial charge in [-0.2, -0.15) is 0 Å². The fourth-order valence-corrected chi connectivity index (χ4v) is 4.17. The zero-order valence-corrected chi connectivity index (χ0v) is 18.0. The van der Waals surface area contributed by atoms with Crippen LogP contribution in [0.15, 0.2) is 33.9 Å². The van der Waals surface area contributed by atoms with Crippen LogP contribution in [-0.4, -0.2) is 44.9 Å². The van der Waals surface area contributed by atoms with Crippen LogP contribution in [-0.2, 0) is 17.9 Å². The molecule has 3 rings (SSSR count). The number of hydrogen-bond donors (Lipinski definition) is 2. The molecule has 1 fully saturated rings. The van der Waals surface area contributed by atoms with Gasteiger partial charge < -0.3 is 11.5 Å². The van der Waals surface area contributed by atoms with Gasteiger partial charge in [-0.25, -0.2) is 4.79 Å². The third-order valence-electron chi connectivity index (χ3n) is 5.77. The molecule has 2 aromatic rings. The van der Waals surface area contributed by atoms with E-state index in [0.717, 1.165) is 28.5 Å². The Kier molecular flexibility index (Phi) is 6.74. The van der Waals surface area contributed by atoms with Gasteiger partial charge >= 0.3 is 5.69 Å². The van der Waals surface area contributed by atoms with Gasteiger partial charge in [0.1, 0.15) is 11.4 Å². The summed E-state index contributed by atoms with van der Waals surface area (Å²) in [6.07, 6.45) is 2.26. The SMILES string of the molecule is CCn1c(=O)c(C(=O)CN2CCCCC2C(N)=O)c(N)n(Cc2cccc(C)c2)c1=O. The van der Waals surface area contributed by atoms with Crippen LogP contribution in [0.25, 0.3) is 0 Å². The number of nitrogens with zero attached hydrogens (tertiary/aromatic N) is 3. The van der Waals surface area contributed by atoms with E-state index in [9.17, 15) is 19.2 Å². The van der Waals surface area contributed by atoms with Gasteiger partial charge in [0.2, 0.25) is 5.91 Å². The second-order valence-corrected chi connectivity index (χ2v) is 7.98. The first-order valence-electron chi connectivity index (χ1n) is 10.5. The summed E-state index contributed by atoms with van der Waals surface area (Å²) >= 11 is 0. The number of piperidine rings is 1. The van der Waals surface area contributed by atoms with Crippen molar-refractivity contribution in [3.05, 3.63) is 61.8 Å². The Morgan fingerprint density at radius 3 is 2.55 bits per heavy atom. The molecule has 1 aliphatic heterocycles. The molecule has 0 radical (unpaired) electrons. The van der Waals surface area contributed by atoms with Crippen LogP contribution in [0.1, 0.15) is 47.7 Å². The van der Waals surface area contributed by atoms with Crippen molar-refractivity contribution in [3.63, 3.8) is 0 Å². The molecule has 0 aliphatic carbocycles. The molecule has 1 aliphatic rings. The van der Waals surface area contributed by atoms with Crippen molar-refractivity contribution in [1.29, 1.82) is 0 Å². The summed E-state index contributed by atoms with van der Waals surface area (Å²) in [7, 11) is 0. The highest BCUT2D eigenvalue weighted by Crippen LogP contribution is 2.18. The topological polar surface area (TPSA) is 133 Å². The number of primary amides is 1. The minimum Gasteiger partial charge on any atom is -0.384 e. The average molecular weight is 428 g/mol. The number of carbonyl (C=O) groups excluding carboxylic acids is 2. The lowest BCUT2D eigenvalue weighted by Gasteiger charge is -2.33. The maximum atomic E-state index is 13.2. The lowest BCUT2D eigenvalue weighted by molar-refractivity contribution is -0.124. The quantitative estimate of drug-likeness (QED) is 0.618. The predicted octanol–water partition coefficient (Wildman–Crippen LogP) is 0.491. The Bertz CT molecular complexity index is 1120. The molecule has 0 spiro atoms. The van der Waals surface area contributed by atoms with Crippen molar-refractivity contribution < 1.29 is 9.59 Å². The summed E-state index contributed by atoms with van der Waals surface area (Å²) in [5, 5.41) is 0. The number of rotatable bonds is 7. The Hall–Kier alpha value is -3.20. The van der Waals surface area contributed by atoms with E-state index in [4.69, 9.17) is 11.5 Å². The molecule has 0 bridgehead atoms. The molecule has 4 N–H and O–H groups in total. The summed E-state index contributed by atoms with van der Waals surface area (Å²) in [4.78, 5) is 52.5. The number of amides is 1. The number of ketones is 1. The molecular weight excluding hydrogens is 398 g/mol.